The Morgan fingerprint density at radius 2 is 1.55 bits per heavy atom. The van der Waals surface area contributed by atoms with Gasteiger partial charge in [0.1, 0.15) is 11.5 Å². The number of hydrogen-bond acceptors (Lipinski definition) is 4. The van der Waals surface area contributed by atoms with Crippen LogP contribution in [0.1, 0.15) is 34.3 Å². The van der Waals surface area contributed by atoms with Gasteiger partial charge in [0.25, 0.3) is 0 Å². The lowest BCUT2D eigenvalue weighted by Crippen LogP contribution is -2.19. The van der Waals surface area contributed by atoms with E-state index >= 15 is 0 Å². The number of methoxy groups -OCH3 is 2. The van der Waals surface area contributed by atoms with Gasteiger partial charge in [0.2, 0.25) is 5.91 Å². The number of nitrogens with one attached hydrogen (secondary N) is 1. The van der Waals surface area contributed by atoms with Gasteiger partial charge < -0.3 is 14.8 Å². The Balaban J connectivity index is 1.81. The summed E-state index contributed by atoms with van der Waals surface area (Å²) in [6.07, 6.45) is 0. The van der Waals surface area contributed by atoms with E-state index < -0.39 is 5.92 Å². The predicted octanol–water partition coefficient (Wildman–Crippen LogP) is 4.68. The summed E-state index contributed by atoms with van der Waals surface area (Å²) in [6.45, 7) is 1.80. The van der Waals surface area contributed by atoms with E-state index in [1.54, 1.807) is 69.7 Å². The second kappa shape index (κ2) is 9.06. The second-order valence-electron chi connectivity index (χ2n) is 6.60. The van der Waals surface area contributed by atoms with Crippen LogP contribution in [0.25, 0.3) is 0 Å². The predicted molar refractivity (Wildman–Crippen MR) is 113 cm³/mol. The molecule has 0 aliphatic heterocycles. The molecule has 0 bridgehead atoms. The molecule has 0 saturated carbocycles. The number of benzene rings is 3. The molecular weight excluding hydrogens is 366 g/mol. The normalized spacial score (nSPS) is 11.4. The third-order valence-corrected chi connectivity index (χ3v) is 4.74. The summed E-state index contributed by atoms with van der Waals surface area (Å²) in [7, 11) is 3.10. The highest BCUT2D eigenvalue weighted by molar-refractivity contribution is 6.09. The quantitative estimate of drug-likeness (QED) is 0.596. The van der Waals surface area contributed by atoms with Crippen molar-refractivity contribution in [2.45, 2.75) is 12.8 Å². The van der Waals surface area contributed by atoms with Gasteiger partial charge in [0.15, 0.2) is 5.78 Å². The highest BCUT2D eigenvalue weighted by Gasteiger charge is 2.19. The van der Waals surface area contributed by atoms with Gasteiger partial charge in [-0.05, 0) is 30.7 Å². The number of rotatable bonds is 7. The third kappa shape index (κ3) is 4.63. The monoisotopic (exact) mass is 389 g/mol. The lowest BCUT2D eigenvalue weighted by Gasteiger charge is -2.16. The SMILES string of the molecule is COc1ccc(OC)c(NC(=O)[C@@H](C)c2cccc(C(=O)c3ccccc3)c2)c1. The van der Waals surface area contributed by atoms with E-state index in [-0.39, 0.29) is 11.7 Å². The molecule has 0 saturated heterocycles. The summed E-state index contributed by atoms with van der Waals surface area (Å²) < 4.78 is 10.5. The lowest BCUT2D eigenvalue weighted by molar-refractivity contribution is -0.117. The van der Waals surface area contributed by atoms with Crippen LogP contribution in [-0.2, 0) is 4.79 Å². The summed E-state index contributed by atoms with van der Waals surface area (Å²) in [5.41, 5.74) is 2.45. The first-order valence-corrected chi connectivity index (χ1v) is 9.26. The summed E-state index contributed by atoms with van der Waals surface area (Å²) in [5.74, 6) is 0.411. The fourth-order valence-corrected chi connectivity index (χ4v) is 3.01. The maximum Gasteiger partial charge on any atom is 0.231 e. The van der Waals surface area contributed by atoms with E-state index in [0.717, 1.165) is 5.56 Å². The van der Waals surface area contributed by atoms with Gasteiger partial charge in [-0.3, -0.25) is 9.59 Å². The first-order chi connectivity index (χ1) is 14.0. The molecule has 5 heteroatoms. The fraction of sp³-hybridized carbons (Fsp3) is 0.167. The molecule has 0 radical (unpaired) electrons. The Labute approximate surface area is 170 Å². The van der Waals surface area contributed by atoms with Crippen LogP contribution in [0.2, 0.25) is 0 Å². The molecule has 1 amide bonds. The minimum absolute atomic E-state index is 0.0745. The third-order valence-electron chi connectivity index (χ3n) is 4.74. The van der Waals surface area contributed by atoms with Gasteiger partial charge in [0.05, 0.1) is 25.8 Å². The number of amides is 1. The first kappa shape index (κ1) is 20.1. The molecule has 29 heavy (non-hydrogen) atoms. The average molecular weight is 389 g/mol. The van der Waals surface area contributed by atoms with Crippen molar-refractivity contribution in [1.82, 2.24) is 0 Å². The van der Waals surface area contributed by atoms with E-state index in [2.05, 4.69) is 5.32 Å². The van der Waals surface area contributed by atoms with Crippen molar-refractivity contribution in [2.24, 2.45) is 0 Å². The number of carbonyl (C=O) groups excluding carboxylic acids is 2. The van der Waals surface area contributed by atoms with E-state index in [0.29, 0.717) is 28.3 Å². The molecule has 0 aliphatic rings. The zero-order valence-electron chi connectivity index (χ0n) is 16.6. The van der Waals surface area contributed by atoms with Crippen molar-refractivity contribution in [3.63, 3.8) is 0 Å². The standard InChI is InChI=1S/C24H23NO4/c1-16(24(27)25-21-15-20(28-2)12-13-22(21)29-3)18-10-7-11-19(14-18)23(26)17-8-5-4-6-9-17/h4-16H,1-3H3,(H,25,27)/t16-/m0/s1. The molecule has 3 rings (SSSR count). The Morgan fingerprint density at radius 3 is 2.24 bits per heavy atom. The van der Waals surface area contributed by atoms with Crippen molar-refractivity contribution < 1.29 is 19.1 Å². The average Bonchev–Trinajstić information content (AvgIpc) is 2.78. The molecule has 5 nitrogen and oxygen atoms in total. The van der Waals surface area contributed by atoms with Crippen LogP contribution in [-0.4, -0.2) is 25.9 Å². The summed E-state index contributed by atoms with van der Waals surface area (Å²) in [5, 5.41) is 2.89. The summed E-state index contributed by atoms with van der Waals surface area (Å²) in [6, 6.07) is 21.4. The first-order valence-electron chi connectivity index (χ1n) is 9.26. The number of hydrogen-bond donors (Lipinski definition) is 1. The van der Waals surface area contributed by atoms with Crippen molar-refractivity contribution in [3.8, 4) is 11.5 Å². The van der Waals surface area contributed by atoms with Crippen LogP contribution in [0.4, 0.5) is 5.69 Å². The van der Waals surface area contributed by atoms with Crippen LogP contribution in [0.15, 0.2) is 72.8 Å². The molecule has 148 valence electrons. The second-order valence-corrected chi connectivity index (χ2v) is 6.60. The van der Waals surface area contributed by atoms with Crippen molar-refractivity contribution >= 4 is 17.4 Å². The Kier molecular flexibility index (Phi) is 6.29. The fourth-order valence-electron chi connectivity index (χ4n) is 3.01. The topological polar surface area (TPSA) is 64.6 Å². The van der Waals surface area contributed by atoms with Crippen LogP contribution in [0.3, 0.4) is 0 Å². The number of anilines is 1. The number of ketones is 1. The van der Waals surface area contributed by atoms with Gasteiger partial charge in [-0.25, -0.2) is 0 Å². The number of ether oxygens (including phenoxy) is 2. The zero-order chi connectivity index (χ0) is 20.8. The zero-order valence-corrected chi connectivity index (χ0v) is 16.6. The lowest BCUT2D eigenvalue weighted by atomic mass is 9.95. The molecule has 0 heterocycles. The van der Waals surface area contributed by atoms with Crippen molar-refractivity contribution in [3.05, 3.63) is 89.5 Å². The van der Waals surface area contributed by atoms with Crippen LogP contribution < -0.4 is 14.8 Å². The molecule has 3 aromatic rings. The molecule has 0 spiro atoms. The van der Waals surface area contributed by atoms with E-state index in [4.69, 9.17) is 9.47 Å². The maximum absolute atomic E-state index is 12.8. The van der Waals surface area contributed by atoms with Crippen LogP contribution >= 0.6 is 0 Å². The Hall–Kier alpha value is -3.60. The smallest absolute Gasteiger partial charge is 0.231 e. The number of carbonyl (C=O) groups is 2. The van der Waals surface area contributed by atoms with Crippen molar-refractivity contribution in [1.29, 1.82) is 0 Å². The molecule has 0 unspecified atom stereocenters. The Bertz CT molecular complexity index is 1010. The maximum atomic E-state index is 12.8. The van der Waals surface area contributed by atoms with Gasteiger partial charge in [-0.2, -0.15) is 0 Å². The van der Waals surface area contributed by atoms with Crippen molar-refractivity contribution in [2.75, 3.05) is 19.5 Å². The van der Waals surface area contributed by atoms with Crippen LogP contribution in [0.5, 0.6) is 11.5 Å². The van der Waals surface area contributed by atoms with E-state index in [1.807, 2.05) is 24.3 Å². The summed E-state index contributed by atoms with van der Waals surface area (Å²) in [4.78, 5) is 25.5. The van der Waals surface area contributed by atoms with Gasteiger partial charge in [0, 0.05) is 17.2 Å². The minimum Gasteiger partial charge on any atom is -0.497 e. The summed E-state index contributed by atoms with van der Waals surface area (Å²) >= 11 is 0. The molecule has 0 aromatic heterocycles. The highest BCUT2D eigenvalue weighted by Crippen LogP contribution is 2.30. The molecule has 3 aromatic carbocycles. The van der Waals surface area contributed by atoms with Gasteiger partial charge in [-0.15, -0.1) is 0 Å². The van der Waals surface area contributed by atoms with Gasteiger partial charge in [-0.1, -0.05) is 48.5 Å². The van der Waals surface area contributed by atoms with E-state index in [1.165, 1.54) is 0 Å². The molecule has 0 fully saturated rings. The highest BCUT2D eigenvalue weighted by atomic mass is 16.5. The Morgan fingerprint density at radius 1 is 0.828 bits per heavy atom. The van der Waals surface area contributed by atoms with E-state index in [9.17, 15) is 9.59 Å². The molecule has 0 aliphatic carbocycles. The van der Waals surface area contributed by atoms with Gasteiger partial charge >= 0.3 is 0 Å². The largest absolute Gasteiger partial charge is 0.497 e. The molecular formula is C24H23NO4. The van der Waals surface area contributed by atoms with Crippen LogP contribution in [0, 0.1) is 0 Å². The minimum atomic E-state index is -0.463. The molecule has 1 atom stereocenters. The molecule has 1 N–H and O–H groups in total.